The highest BCUT2D eigenvalue weighted by atomic mass is 32.3. The highest BCUT2D eigenvalue weighted by Crippen LogP contribution is 1.90. The molecule has 0 rings (SSSR count). The predicted molar refractivity (Wildman–Crippen MR) is 57.1 cm³/mol. The van der Waals surface area contributed by atoms with Gasteiger partial charge in [-0.15, -0.1) is 0 Å². The van der Waals surface area contributed by atoms with Gasteiger partial charge < -0.3 is 5.32 Å². The van der Waals surface area contributed by atoms with Crippen LogP contribution < -0.4 is 5.32 Å². The molecule has 9 nitrogen and oxygen atoms in total. The minimum atomic E-state index is -4.38. The van der Waals surface area contributed by atoms with E-state index in [-0.39, 0.29) is 13.2 Å². The van der Waals surface area contributed by atoms with Crippen molar-refractivity contribution in [2.24, 2.45) is 0 Å². The topological polar surface area (TPSA) is 139 Å². The molecule has 0 aliphatic rings. The highest BCUT2D eigenvalue weighted by Gasteiger charge is 2.03. The van der Waals surface area contributed by atoms with Crippen molar-refractivity contribution >= 4 is 20.8 Å². The van der Waals surface area contributed by atoms with Crippen LogP contribution in [0.4, 0.5) is 0 Å². The largest absolute Gasteiger partial charge is 0.397 e. The second-order valence-electron chi connectivity index (χ2n) is 2.96. The van der Waals surface area contributed by atoms with Crippen LogP contribution in [0.5, 0.6) is 0 Å². The monoisotopic (exact) mass is 293 g/mol. The lowest BCUT2D eigenvalue weighted by Crippen LogP contribution is -2.20. The van der Waals surface area contributed by atoms with Gasteiger partial charge in [-0.25, -0.2) is 8.37 Å². The molecule has 11 heteroatoms. The van der Waals surface area contributed by atoms with E-state index in [2.05, 4.69) is 13.7 Å². The maximum atomic E-state index is 10.1. The van der Waals surface area contributed by atoms with Crippen molar-refractivity contribution in [1.29, 1.82) is 0 Å². The summed E-state index contributed by atoms with van der Waals surface area (Å²) in [6, 6.07) is 0. The lowest BCUT2D eigenvalue weighted by molar-refractivity contribution is 0.258. The standard InChI is InChI=1S/C6H15NO8S2/c8-16(9,10)14-5-1-3-7-4-2-6-15-17(11,12)13/h7H,1-6H2,(H,8,9,10)(H,11,12,13). The van der Waals surface area contributed by atoms with E-state index in [9.17, 15) is 16.8 Å². The summed E-state index contributed by atoms with van der Waals surface area (Å²) >= 11 is 0. The molecule has 0 aliphatic carbocycles. The molecule has 0 bridgehead atoms. The molecular formula is C6H15NO8S2. The predicted octanol–water partition coefficient (Wildman–Crippen LogP) is -1.00. The fourth-order valence-electron chi connectivity index (χ4n) is 0.848. The van der Waals surface area contributed by atoms with Gasteiger partial charge in [-0.2, -0.15) is 16.8 Å². The van der Waals surface area contributed by atoms with E-state index < -0.39 is 20.8 Å². The summed E-state index contributed by atoms with van der Waals surface area (Å²) in [6.07, 6.45) is 0.720. The molecule has 0 heterocycles. The van der Waals surface area contributed by atoms with Crippen LogP contribution in [0.2, 0.25) is 0 Å². The van der Waals surface area contributed by atoms with Gasteiger partial charge in [-0.1, -0.05) is 0 Å². The summed E-state index contributed by atoms with van der Waals surface area (Å²) in [5, 5.41) is 2.84. The zero-order chi connectivity index (χ0) is 13.4. The molecule has 0 aromatic rings. The Balaban J connectivity index is 3.25. The Kier molecular flexibility index (Phi) is 7.78. The smallest absolute Gasteiger partial charge is 0.317 e. The van der Waals surface area contributed by atoms with Gasteiger partial charge in [-0.05, 0) is 25.9 Å². The Morgan fingerprint density at radius 1 is 0.824 bits per heavy atom. The molecule has 3 N–H and O–H groups in total. The van der Waals surface area contributed by atoms with Crippen molar-refractivity contribution in [3.8, 4) is 0 Å². The van der Waals surface area contributed by atoms with E-state index in [0.29, 0.717) is 25.9 Å². The molecule has 0 amide bonds. The van der Waals surface area contributed by atoms with Gasteiger partial charge in [0.2, 0.25) is 0 Å². The van der Waals surface area contributed by atoms with Gasteiger partial charge >= 0.3 is 20.8 Å². The molecule has 0 spiro atoms. The third-order valence-electron chi connectivity index (χ3n) is 1.46. The fraction of sp³-hybridized carbons (Fsp3) is 1.00. The number of rotatable bonds is 10. The van der Waals surface area contributed by atoms with Crippen LogP contribution in [0, 0.1) is 0 Å². The van der Waals surface area contributed by atoms with Crippen molar-refractivity contribution < 1.29 is 34.3 Å². The highest BCUT2D eigenvalue weighted by molar-refractivity contribution is 7.81. The Bertz CT molecular complexity index is 350. The van der Waals surface area contributed by atoms with Gasteiger partial charge in [0, 0.05) is 0 Å². The molecule has 0 fully saturated rings. The van der Waals surface area contributed by atoms with Crippen LogP contribution in [0.1, 0.15) is 12.8 Å². The van der Waals surface area contributed by atoms with Crippen molar-refractivity contribution in [1.82, 2.24) is 5.32 Å². The molecule has 0 saturated carbocycles. The molecule has 0 saturated heterocycles. The number of hydrogen-bond acceptors (Lipinski definition) is 7. The van der Waals surface area contributed by atoms with Crippen LogP contribution in [0.3, 0.4) is 0 Å². The lowest BCUT2D eigenvalue weighted by Gasteiger charge is -2.04. The summed E-state index contributed by atoms with van der Waals surface area (Å²) in [5.74, 6) is 0. The Morgan fingerprint density at radius 3 is 1.47 bits per heavy atom. The first-order valence-electron chi connectivity index (χ1n) is 4.65. The van der Waals surface area contributed by atoms with E-state index in [1.165, 1.54) is 0 Å². The maximum Gasteiger partial charge on any atom is 0.397 e. The first kappa shape index (κ1) is 16.7. The Labute approximate surface area is 100 Å². The van der Waals surface area contributed by atoms with Crippen LogP contribution in [0.15, 0.2) is 0 Å². The van der Waals surface area contributed by atoms with Crippen LogP contribution in [-0.4, -0.2) is 52.2 Å². The minimum absolute atomic E-state index is 0.145. The van der Waals surface area contributed by atoms with E-state index in [1.807, 2.05) is 0 Å². The zero-order valence-electron chi connectivity index (χ0n) is 8.90. The van der Waals surface area contributed by atoms with Crippen LogP contribution in [-0.2, 0) is 29.2 Å². The summed E-state index contributed by atoms with van der Waals surface area (Å²) in [7, 11) is -8.77. The van der Waals surface area contributed by atoms with Crippen LogP contribution in [0.25, 0.3) is 0 Å². The maximum absolute atomic E-state index is 10.1. The van der Waals surface area contributed by atoms with E-state index in [0.717, 1.165) is 0 Å². The molecule has 17 heavy (non-hydrogen) atoms. The summed E-state index contributed by atoms with van der Waals surface area (Å²) in [5.41, 5.74) is 0. The average molecular weight is 293 g/mol. The van der Waals surface area contributed by atoms with Gasteiger partial charge in [0.1, 0.15) is 0 Å². The number of nitrogens with one attached hydrogen (secondary N) is 1. The van der Waals surface area contributed by atoms with Crippen molar-refractivity contribution in [3.05, 3.63) is 0 Å². The zero-order valence-corrected chi connectivity index (χ0v) is 10.5. The van der Waals surface area contributed by atoms with E-state index in [4.69, 9.17) is 9.11 Å². The van der Waals surface area contributed by atoms with Gasteiger partial charge in [0.25, 0.3) is 0 Å². The van der Waals surface area contributed by atoms with Gasteiger partial charge in [0.15, 0.2) is 0 Å². The minimum Gasteiger partial charge on any atom is -0.317 e. The molecule has 104 valence electrons. The Hall–Kier alpha value is -0.300. The SMILES string of the molecule is O=S(=O)(O)OCCCNCCCOS(=O)(=O)O. The van der Waals surface area contributed by atoms with Crippen molar-refractivity contribution in [2.75, 3.05) is 26.3 Å². The Morgan fingerprint density at radius 2 is 1.18 bits per heavy atom. The van der Waals surface area contributed by atoms with Crippen molar-refractivity contribution in [3.63, 3.8) is 0 Å². The molecule has 0 aromatic carbocycles. The molecule has 0 radical (unpaired) electrons. The third-order valence-corrected chi connectivity index (χ3v) is 2.39. The number of hydrogen-bond donors (Lipinski definition) is 3. The first-order chi connectivity index (χ1) is 7.71. The quantitative estimate of drug-likeness (QED) is 0.341. The second kappa shape index (κ2) is 7.92. The molecule has 0 aromatic heterocycles. The second-order valence-corrected chi connectivity index (χ2v) is 5.14. The summed E-state index contributed by atoms with van der Waals surface area (Å²) < 4.78 is 65.0. The van der Waals surface area contributed by atoms with Gasteiger partial charge in [-0.3, -0.25) is 9.11 Å². The van der Waals surface area contributed by atoms with Crippen LogP contribution >= 0.6 is 0 Å². The molecule has 0 unspecified atom stereocenters. The van der Waals surface area contributed by atoms with Crippen molar-refractivity contribution in [2.45, 2.75) is 12.8 Å². The third kappa shape index (κ3) is 15.7. The molecular weight excluding hydrogens is 278 g/mol. The lowest BCUT2D eigenvalue weighted by atomic mass is 10.4. The normalized spacial score (nSPS) is 12.8. The summed E-state index contributed by atoms with van der Waals surface area (Å²) in [4.78, 5) is 0. The summed E-state index contributed by atoms with van der Waals surface area (Å²) in [6.45, 7) is 0.573. The van der Waals surface area contributed by atoms with E-state index >= 15 is 0 Å². The average Bonchev–Trinajstić information content (AvgIpc) is 2.11. The molecule has 0 aliphatic heterocycles. The fourth-order valence-corrected chi connectivity index (χ4v) is 1.50. The first-order valence-corrected chi connectivity index (χ1v) is 7.38. The van der Waals surface area contributed by atoms with E-state index in [1.54, 1.807) is 0 Å². The molecule has 0 atom stereocenters. The van der Waals surface area contributed by atoms with Gasteiger partial charge in [0.05, 0.1) is 13.2 Å².